The number of rotatable bonds is 16. The van der Waals surface area contributed by atoms with Crippen LogP contribution in [0, 0.1) is 11.3 Å². The number of hydrogen-bond acceptors (Lipinski definition) is 8. The number of ether oxygens (including phenoxy) is 1. The summed E-state index contributed by atoms with van der Waals surface area (Å²) in [6.45, 7) is 4.88. The van der Waals surface area contributed by atoms with Gasteiger partial charge >= 0.3 is 5.97 Å². The molecule has 0 aliphatic carbocycles. The van der Waals surface area contributed by atoms with Crippen LogP contribution in [0.25, 0.3) is 0 Å². The van der Waals surface area contributed by atoms with Gasteiger partial charge in [-0.05, 0) is 82.2 Å². The monoisotopic (exact) mass is 568 g/mol. The number of unbranched alkanes of at least 4 members (excludes halogenated alkanes) is 1. The van der Waals surface area contributed by atoms with Crippen molar-refractivity contribution >= 4 is 17.7 Å². The van der Waals surface area contributed by atoms with Crippen LogP contribution in [-0.2, 0) is 32.6 Å². The van der Waals surface area contributed by atoms with Gasteiger partial charge in [-0.3, -0.25) is 9.78 Å². The van der Waals surface area contributed by atoms with Gasteiger partial charge in [0.25, 0.3) is 0 Å². The quantitative estimate of drug-likeness (QED) is 0.260. The van der Waals surface area contributed by atoms with Crippen LogP contribution in [0.3, 0.4) is 0 Å². The third-order valence-corrected chi connectivity index (χ3v) is 7.57. The van der Waals surface area contributed by atoms with E-state index >= 15 is 0 Å². The number of nitrogens with zero attached hydrogens (tertiary/aromatic N) is 4. The minimum Gasteiger partial charge on any atom is -0.480 e. The number of pyridine rings is 2. The van der Waals surface area contributed by atoms with Crippen molar-refractivity contribution in [1.29, 1.82) is 5.26 Å². The Bertz CT molecular complexity index is 1210. The molecule has 41 heavy (non-hydrogen) atoms. The predicted molar refractivity (Wildman–Crippen MR) is 153 cm³/mol. The molecule has 0 saturated carbocycles. The lowest BCUT2D eigenvalue weighted by Gasteiger charge is -2.29. The van der Waals surface area contributed by atoms with Crippen LogP contribution in [0.1, 0.15) is 61.9 Å². The van der Waals surface area contributed by atoms with Crippen molar-refractivity contribution in [3.05, 3.63) is 53.0 Å². The number of aliphatic carboxylic acids is 1. The Labute approximate surface area is 241 Å². The number of nitrogens with one attached hydrogen (secondary N) is 2. The van der Waals surface area contributed by atoms with E-state index in [2.05, 4.69) is 27.8 Å². The molecule has 10 nitrogen and oxygen atoms in total. The van der Waals surface area contributed by atoms with Crippen LogP contribution < -0.4 is 10.6 Å². The van der Waals surface area contributed by atoms with E-state index in [4.69, 9.17) is 9.72 Å². The highest BCUT2D eigenvalue weighted by atomic mass is 19.1. The van der Waals surface area contributed by atoms with Gasteiger partial charge in [0, 0.05) is 44.8 Å². The highest BCUT2D eigenvalue weighted by molar-refractivity contribution is 5.90. The Hall–Kier alpha value is -3.62. The second kappa shape index (κ2) is 15.4. The van der Waals surface area contributed by atoms with E-state index in [1.54, 1.807) is 19.9 Å². The fourth-order valence-corrected chi connectivity index (χ4v) is 4.80. The van der Waals surface area contributed by atoms with Crippen LogP contribution >= 0.6 is 0 Å². The van der Waals surface area contributed by atoms with Gasteiger partial charge in [0.05, 0.1) is 17.1 Å². The number of carboxylic acids is 1. The fourth-order valence-electron chi connectivity index (χ4n) is 4.80. The molecule has 3 N–H and O–H groups in total. The molecule has 0 fully saturated rings. The van der Waals surface area contributed by atoms with Crippen molar-refractivity contribution in [2.24, 2.45) is 0 Å². The Balaban J connectivity index is 1.58. The number of carboxylic acid groups (broad SMARTS) is 1. The second-order valence-electron chi connectivity index (χ2n) is 11.0. The molecule has 1 aliphatic rings. The number of aromatic nitrogens is 2. The summed E-state index contributed by atoms with van der Waals surface area (Å²) in [5.41, 5.74) is 1.99. The molecular formula is C30H41FN6O4. The van der Waals surface area contributed by atoms with Gasteiger partial charge in [-0.25, -0.2) is 14.2 Å². The fraction of sp³-hybridized carbons (Fsp3) is 0.567. The zero-order valence-corrected chi connectivity index (χ0v) is 24.2. The number of methoxy groups -OCH3 is 1. The molecule has 1 amide bonds. The molecule has 0 radical (unpaired) electrons. The number of amides is 1. The summed E-state index contributed by atoms with van der Waals surface area (Å²) in [5, 5.41) is 25.0. The number of carbonyl (C=O) groups is 2. The second-order valence-corrected chi connectivity index (χ2v) is 11.0. The minimum atomic E-state index is -1.15. The number of hydrogen-bond donors (Lipinski definition) is 3. The number of alkyl halides is 1. The first-order valence-electron chi connectivity index (χ1n) is 14.1. The maximum Gasteiger partial charge on any atom is 0.326 e. The van der Waals surface area contributed by atoms with Crippen molar-refractivity contribution < 1.29 is 23.8 Å². The molecular weight excluding hydrogens is 527 g/mol. The van der Waals surface area contributed by atoms with Gasteiger partial charge in [-0.15, -0.1) is 0 Å². The summed E-state index contributed by atoms with van der Waals surface area (Å²) >= 11 is 0. The van der Waals surface area contributed by atoms with Gasteiger partial charge in [-0.2, -0.15) is 5.26 Å². The number of anilines is 1. The maximum absolute atomic E-state index is 13.5. The van der Waals surface area contributed by atoms with E-state index in [0.717, 1.165) is 50.2 Å². The molecule has 2 aromatic rings. The Kier molecular flexibility index (Phi) is 12.0. The maximum atomic E-state index is 13.5. The Morgan fingerprint density at radius 3 is 2.80 bits per heavy atom. The molecule has 222 valence electrons. The van der Waals surface area contributed by atoms with Crippen LogP contribution in [0.4, 0.5) is 10.2 Å². The largest absolute Gasteiger partial charge is 0.480 e. The predicted octanol–water partition coefficient (Wildman–Crippen LogP) is 3.25. The Morgan fingerprint density at radius 2 is 2.10 bits per heavy atom. The first kappa shape index (κ1) is 31.9. The zero-order valence-electron chi connectivity index (χ0n) is 24.2. The van der Waals surface area contributed by atoms with Crippen LogP contribution in [0.5, 0.6) is 0 Å². The normalized spacial score (nSPS) is 14.4. The van der Waals surface area contributed by atoms with Crippen molar-refractivity contribution in [1.82, 2.24) is 20.2 Å². The van der Waals surface area contributed by atoms with E-state index in [1.165, 1.54) is 25.1 Å². The number of fused-ring (bicyclic) bond motifs is 1. The average molecular weight is 569 g/mol. The van der Waals surface area contributed by atoms with E-state index in [-0.39, 0.29) is 6.42 Å². The van der Waals surface area contributed by atoms with Gasteiger partial charge in [0.2, 0.25) is 5.91 Å². The molecule has 3 rings (SSSR count). The molecule has 0 unspecified atom stereocenters. The first-order chi connectivity index (χ1) is 19.7. The van der Waals surface area contributed by atoms with Crippen LogP contribution in [-0.4, -0.2) is 84.0 Å². The molecule has 0 spiro atoms. The Morgan fingerprint density at radius 1 is 1.29 bits per heavy atom. The number of halogens is 1. The first-order valence-corrected chi connectivity index (χ1v) is 14.1. The van der Waals surface area contributed by atoms with Gasteiger partial charge in [0.15, 0.2) is 0 Å². The summed E-state index contributed by atoms with van der Waals surface area (Å²) < 4.78 is 18.7. The van der Waals surface area contributed by atoms with E-state index in [0.29, 0.717) is 30.8 Å². The lowest BCUT2D eigenvalue weighted by atomic mass is 9.84. The van der Waals surface area contributed by atoms with Gasteiger partial charge < -0.3 is 25.4 Å². The number of aryl methyl sites for hydroxylation is 2. The molecule has 2 atom stereocenters. The molecule has 1 aliphatic heterocycles. The molecule has 3 heterocycles. The average Bonchev–Trinajstić information content (AvgIpc) is 2.99. The summed E-state index contributed by atoms with van der Waals surface area (Å²) in [5.74, 6) is -0.669. The standard InChI is InChI=1S/C30H41FN6O4/c1-30(2,23-15-21(17-32)18-33-19-23)29(40)36-26(28(38)39)11-14-37(20-25(16-31)41-3)13-5-4-8-24-10-9-22-7-6-12-34-27(22)35-24/h9-10,15,18-19,25-26H,4-8,11-14,16,20H2,1-3H3,(H,34,35)(H,36,40)(H,38,39)/t25-,26+/m1/s1. The zero-order chi connectivity index (χ0) is 29.8. The van der Waals surface area contributed by atoms with Crippen molar-refractivity contribution in [2.75, 3.05) is 45.3 Å². The third kappa shape index (κ3) is 9.20. The minimum absolute atomic E-state index is 0.133. The van der Waals surface area contributed by atoms with E-state index in [9.17, 15) is 24.3 Å². The van der Waals surface area contributed by atoms with Crippen molar-refractivity contribution in [3.8, 4) is 6.07 Å². The molecule has 0 saturated heterocycles. The van der Waals surface area contributed by atoms with Gasteiger partial charge in [-0.1, -0.05) is 6.07 Å². The highest BCUT2D eigenvalue weighted by Crippen LogP contribution is 2.24. The van der Waals surface area contributed by atoms with Crippen LogP contribution in [0.15, 0.2) is 30.6 Å². The topological polar surface area (TPSA) is 140 Å². The van der Waals surface area contributed by atoms with E-state index < -0.39 is 36.1 Å². The summed E-state index contributed by atoms with van der Waals surface area (Å²) in [6.07, 6.45) is 7.06. The SMILES string of the molecule is CO[C@H](CF)CN(CCCCc1ccc2c(n1)NCCC2)CC[C@H](NC(=O)C(C)(C)c1cncc(C#N)c1)C(=O)O. The molecule has 0 aromatic carbocycles. The summed E-state index contributed by atoms with van der Waals surface area (Å²) in [6, 6.07) is 6.64. The summed E-state index contributed by atoms with van der Waals surface area (Å²) in [4.78, 5) is 36.0. The van der Waals surface area contributed by atoms with E-state index in [1.807, 2.05) is 11.0 Å². The molecule has 0 bridgehead atoms. The highest BCUT2D eigenvalue weighted by Gasteiger charge is 2.33. The van der Waals surface area contributed by atoms with Crippen molar-refractivity contribution in [2.45, 2.75) is 69.9 Å². The van der Waals surface area contributed by atoms with Crippen molar-refractivity contribution in [3.63, 3.8) is 0 Å². The van der Waals surface area contributed by atoms with Crippen LogP contribution in [0.2, 0.25) is 0 Å². The third-order valence-electron chi connectivity index (χ3n) is 7.57. The molecule has 11 heteroatoms. The van der Waals surface area contributed by atoms with Gasteiger partial charge in [0.1, 0.15) is 24.6 Å². The number of nitriles is 1. The molecule has 2 aromatic heterocycles. The smallest absolute Gasteiger partial charge is 0.326 e. The number of carbonyl (C=O) groups excluding carboxylic acids is 1. The summed E-state index contributed by atoms with van der Waals surface area (Å²) in [7, 11) is 1.46. The lowest BCUT2D eigenvalue weighted by molar-refractivity contribution is -0.143. The lowest BCUT2D eigenvalue weighted by Crippen LogP contribution is -2.49.